The maximum atomic E-state index is 11.9. The second-order valence-electron chi connectivity index (χ2n) is 4.77. The number of Topliss-reactive ketones (excluding diaryl/α,β-unsaturated/α-hetero) is 1. The van der Waals surface area contributed by atoms with Crippen LogP contribution in [0.3, 0.4) is 0 Å². The Balaban J connectivity index is 2.89. The molecule has 0 spiro atoms. The molecule has 1 nitrogen and oxygen atoms in total. The number of ketones is 1. The first kappa shape index (κ1) is 11.7. The van der Waals surface area contributed by atoms with E-state index in [0.29, 0.717) is 0 Å². The molecule has 0 amide bonds. The van der Waals surface area contributed by atoms with Crippen molar-refractivity contribution in [3.63, 3.8) is 0 Å². The first-order chi connectivity index (χ1) is 6.95. The van der Waals surface area contributed by atoms with Gasteiger partial charge in [-0.25, -0.2) is 0 Å². The standard InChI is InChI=1S/C14H18O/c1-5-6-11-7-9-12(10-8-11)13(15)14(2,3)4/h5,7-10H,1,6H2,2-4H3. The van der Waals surface area contributed by atoms with Gasteiger partial charge in [-0.1, -0.05) is 51.1 Å². The zero-order valence-electron chi connectivity index (χ0n) is 9.71. The lowest BCUT2D eigenvalue weighted by Crippen LogP contribution is -2.20. The van der Waals surface area contributed by atoms with Gasteiger partial charge in [-0.2, -0.15) is 0 Å². The van der Waals surface area contributed by atoms with Gasteiger partial charge in [0.15, 0.2) is 5.78 Å². The fourth-order valence-electron chi connectivity index (χ4n) is 1.39. The molecule has 0 saturated carbocycles. The van der Waals surface area contributed by atoms with Crippen molar-refractivity contribution >= 4 is 5.78 Å². The van der Waals surface area contributed by atoms with Crippen molar-refractivity contribution < 1.29 is 4.79 Å². The van der Waals surface area contributed by atoms with E-state index in [9.17, 15) is 4.79 Å². The van der Waals surface area contributed by atoms with Crippen LogP contribution in [0.2, 0.25) is 0 Å². The first-order valence-electron chi connectivity index (χ1n) is 5.20. The maximum absolute atomic E-state index is 11.9. The zero-order chi connectivity index (χ0) is 11.5. The summed E-state index contributed by atoms with van der Waals surface area (Å²) in [6.07, 6.45) is 2.71. The average molecular weight is 202 g/mol. The molecule has 0 radical (unpaired) electrons. The quantitative estimate of drug-likeness (QED) is 0.540. The Morgan fingerprint density at radius 2 is 1.80 bits per heavy atom. The van der Waals surface area contributed by atoms with Gasteiger partial charge in [0.05, 0.1) is 0 Å². The Bertz CT molecular complexity index is 352. The van der Waals surface area contributed by atoms with Crippen molar-refractivity contribution in [1.29, 1.82) is 0 Å². The van der Waals surface area contributed by atoms with Crippen molar-refractivity contribution in [3.05, 3.63) is 48.0 Å². The Hall–Kier alpha value is -1.37. The van der Waals surface area contributed by atoms with Crippen LogP contribution in [0.15, 0.2) is 36.9 Å². The second kappa shape index (κ2) is 4.43. The Kier molecular flexibility index (Phi) is 3.46. The zero-order valence-corrected chi connectivity index (χ0v) is 9.71. The summed E-state index contributed by atoms with van der Waals surface area (Å²) in [5.74, 6) is 0.188. The van der Waals surface area contributed by atoms with Crippen molar-refractivity contribution in [1.82, 2.24) is 0 Å². The molecule has 0 aliphatic rings. The summed E-state index contributed by atoms with van der Waals surface area (Å²) in [6.45, 7) is 9.50. The van der Waals surface area contributed by atoms with Crippen molar-refractivity contribution in [2.24, 2.45) is 5.41 Å². The summed E-state index contributed by atoms with van der Waals surface area (Å²) in [5.41, 5.74) is 1.67. The van der Waals surface area contributed by atoms with E-state index in [2.05, 4.69) is 6.58 Å². The summed E-state index contributed by atoms with van der Waals surface area (Å²) in [6, 6.07) is 7.76. The summed E-state index contributed by atoms with van der Waals surface area (Å²) in [5, 5.41) is 0. The van der Waals surface area contributed by atoms with Gasteiger partial charge in [0.1, 0.15) is 0 Å². The van der Waals surface area contributed by atoms with E-state index in [0.717, 1.165) is 12.0 Å². The van der Waals surface area contributed by atoms with E-state index < -0.39 is 0 Å². The van der Waals surface area contributed by atoms with Gasteiger partial charge in [-0.05, 0) is 12.0 Å². The highest BCUT2D eigenvalue weighted by Gasteiger charge is 2.22. The smallest absolute Gasteiger partial charge is 0.168 e. The van der Waals surface area contributed by atoms with Crippen LogP contribution >= 0.6 is 0 Å². The highest BCUT2D eigenvalue weighted by atomic mass is 16.1. The number of hydrogen-bond acceptors (Lipinski definition) is 1. The van der Waals surface area contributed by atoms with Crippen molar-refractivity contribution in [2.75, 3.05) is 0 Å². The van der Waals surface area contributed by atoms with Crippen LogP contribution in [0.1, 0.15) is 36.7 Å². The van der Waals surface area contributed by atoms with Crippen LogP contribution in [0, 0.1) is 5.41 Å². The Morgan fingerprint density at radius 3 is 2.20 bits per heavy atom. The Labute approximate surface area is 91.8 Å². The molecule has 15 heavy (non-hydrogen) atoms. The van der Waals surface area contributed by atoms with Gasteiger partial charge in [0.25, 0.3) is 0 Å². The maximum Gasteiger partial charge on any atom is 0.168 e. The summed E-state index contributed by atoms with van der Waals surface area (Å²) < 4.78 is 0. The molecule has 0 N–H and O–H groups in total. The minimum absolute atomic E-state index is 0.188. The molecule has 80 valence electrons. The van der Waals surface area contributed by atoms with E-state index in [1.54, 1.807) is 0 Å². The number of hydrogen-bond donors (Lipinski definition) is 0. The molecule has 0 aromatic heterocycles. The first-order valence-corrected chi connectivity index (χ1v) is 5.20. The molecule has 0 saturated heterocycles. The highest BCUT2D eigenvalue weighted by molar-refractivity contribution is 5.99. The van der Waals surface area contributed by atoms with Crippen molar-refractivity contribution in [2.45, 2.75) is 27.2 Å². The molecule has 1 aromatic carbocycles. The minimum atomic E-state index is -0.306. The summed E-state index contributed by atoms with van der Waals surface area (Å²) in [7, 11) is 0. The monoisotopic (exact) mass is 202 g/mol. The topological polar surface area (TPSA) is 17.1 Å². The van der Waals surface area contributed by atoms with E-state index in [1.165, 1.54) is 5.56 Å². The molecule has 0 atom stereocenters. The molecule has 0 bridgehead atoms. The molecule has 0 aliphatic heterocycles. The number of allylic oxidation sites excluding steroid dienone is 1. The SMILES string of the molecule is C=CCc1ccc(C(=O)C(C)(C)C)cc1. The normalized spacial score (nSPS) is 11.1. The lowest BCUT2D eigenvalue weighted by Gasteiger charge is -2.16. The fraction of sp³-hybridized carbons (Fsp3) is 0.357. The third-order valence-corrected chi connectivity index (χ3v) is 2.28. The van der Waals surface area contributed by atoms with Gasteiger partial charge in [-0.15, -0.1) is 6.58 Å². The second-order valence-corrected chi connectivity index (χ2v) is 4.77. The third-order valence-electron chi connectivity index (χ3n) is 2.28. The van der Waals surface area contributed by atoms with Crippen LogP contribution in [0.5, 0.6) is 0 Å². The predicted octanol–water partition coefficient (Wildman–Crippen LogP) is 3.64. The van der Waals surface area contributed by atoms with E-state index in [-0.39, 0.29) is 11.2 Å². The van der Waals surface area contributed by atoms with Gasteiger partial charge in [-0.3, -0.25) is 4.79 Å². The predicted molar refractivity (Wildman–Crippen MR) is 64.1 cm³/mol. The molecule has 0 aliphatic carbocycles. The number of rotatable bonds is 3. The number of carbonyl (C=O) groups excluding carboxylic acids is 1. The van der Waals surface area contributed by atoms with Gasteiger partial charge >= 0.3 is 0 Å². The summed E-state index contributed by atoms with van der Waals surface area (Å²) >= 11 is 0. The average Bonchev–Trinajstić information content (AvgIpc) is 2.17. The molecule has 1 heteroatoms. The van der Waals surface area contributed by atoms with Crippen LogP contribution < -0.4 is 0 Å². The van der Waals surface area contributed by atoms with Crippen molar-refractivity contribution in [3.8, 4) is 0 Å². The molecular weight excluding hydrogens is 184 g/mol. The molecule has 0 heterocycles. The van der Waals surface area contributed by atoms with Gasteiger partial charge < -0.3 is 0 Å². The number of benzene rings is 1. The molecule has 0 fully saturated rings. The molecule has 0 unspecified atom stereocenters. The van der Waals surface area contributed by atoms with Gasteiger partial charge in [0.2, 0.25) is 0 Å². The summed E-state index contributed by atoms with van der Waals surface area (Å²) in [4.78, 5) is 11.9. The fourth-order valence-corrected chi connectivity index (χ4v) is 1.39. The van der Waals surface area contributed by atoms with Crippen LogP contribution in [-0.2, 0) is 6.42 Å². The highest BCUT2D eigenvalue weighted by Crippen LogP contribution is 2.20. The van der Waals surface area contributed by atoms with Crippen LogP contribution in [0.25, 0.3) is 0 Å². The third kappa shape index (κ3) is 3.05. The van der Waals surface area contributed by atoms with Crippen LogP contribution in [-0.4, -0.2) is 5.78 Å². The molecule has 1 aromatic rings. The molecular formula is C14H18O. The van der Waals surface area contributed by atoms with E-state index in [1.807, 2.05) is 51.1 Å². The van der Waals surface area contributed by atoms with E-state index >= 15 is 0 Å². The largest absolute Gasteiger partial charge is 0.294 e. The Morgan fingerprint density at radius 1 is 1.27 bits per heavy atom. The minimum Gasteiger partial charge on any atom is -0.294 e. The lowest BCUT2D eigenvalue weighted by atomic mass is 9.86. The van der Waals surface area contributed by atoms with Crippen LogP contribution in [0.4, 0.5) is 0 Å². The number of carbonyl (C=O) groups is 1. The van der Waals surface area contributed by atoms with E-state index in [4.69, 9.17) is 0 Å². The lowest BCUT2D eigenvalue weighted by molar-refractivity contribution is 0.0858. The molecule has 1 rings (SSSR count). The van der Waals surface area contributed by atoms with Gasteiger partial charge in [0, 0.05) is 11.0 Å².